The van der Waals surface area contributed by atoms with Crippen molar-refractivity contribution in [2.75, 3.05) is 0 Å². The maximum absolute atomic E-state index is 12.6. The fourth-order valence-electron chi connectivity index (χ4n) is 0.790. The fraction of sp³-hybridized carbons (Fsp3) is 0.143. The van der Waals surface area contributed by atoms with Crippen molar-refractivity contribution in [2.24, 2.45) is 0 Å². The summed E-state index contributed by atoms with van der Waals surface area (Å²) in [6.45, 7) is 1.75. The Morgan fingerprint density at radius 1 is 1.50 bits per heavy atom. The second kappa shape index (κ2) is 3.55. The number of hydrogen-bond acceptors (Lipinski definition) is 0. The summed E-state index contributed by atoms with van der Waals surface area (Å²) in [5.41, 5.74) is 0.686. The van der Waals surface area contributed by atoms with Gasteiger partial charge in [0, 0.05) is 0 Å². The van der Waals surface area contributed by atoms with Crippen molar-refractivity contribution in [3.8, 4) is 0 Å². The third-order valence-electron chi connectivity index (χ3n) is 1.38. The molecule has 3 heteroatoms. The molecule has 0 saturated carbocycles. The first-order valence-corrected chi connectivity index (χ1v) is 5.89. The summed E-state index contributed by atoms with van der Waals surface area (Å²) in [7, 11) is 5.67. The lowest BCUT2D eigenvalue weighted by Gasteiger charge is -1.97. The van der Waals surface area contributed by atoms with Crippen LogP contribution in [0.1, 0.15) is 5.56 Å². The van der Waals surface area contributed by atoms with Gasteiger partial charge in [-0.3, -0.25) is 0 Å². The number of hydrogen-bond donors (Lipinski definition) is 0. The van der Waals surface area contributed by atoms with Crippen molar-refractivity contribution < 1.29 is 4.39 Å². The van der Waals surface area contributed by atoms with Gasteiger partial charge in [-0.25, -0.2) is 4.39 Å². The largest absolute Gasteiger partial charge is 0.538 e. The van der Waals surface area contributed by atoms with Crippen LogP contribution < -0.4 is 3.69 Å². The van der Waals surface area contributed by atoms with Crippen LogP contribution in [0.3, 0.4) is 0 Å². The first-order valence-electron chi connectivity index (χ1n) is 3.05. The molecule has 0 saturated heterocycles. The Bertz CT molecular complexity index is 237. The molecule has 0 fully saturated rings. The van der Waals surface area contributed by atoms with Gasteiger partial charge in [-0.05, 0) is 18.6 Å². The molecular formula is C7H6ClFMg. The average molecular weight is 169 g/mol. The van der Waals surface area contributed by atoms with Gasteiger partial charge in [0.1, 0.15) is 5.82 Å². The van der Waals surface area contributed by atoms with E-state index in [0.717, 1.165) is 3.69 Å². The second-order valence-corrected chi connectivity index (χ2v) is 4.10. The lowest BCUT2D eigenvalue weighted by atomic mass is 10.2. The number of rotatable bonds is 1. The van der Waals surface area contributed by atoms with Gasteiger partial charge in [0.05, 0.1) is 0 Å². The predicted octanol–water partition coefficient (Wildman–Crippen LogP) is 1.62. The van der Waals surface area contributed by atoms with E-state index in [0.29, 0.717) is 5.56 Å². The molecule has 0 N–H and O–H groups in total. The van der Waals surface area contributed by atoms with Gasteiger partial charge < -0.3 is 9.07 Å². The minimum absolute atomic E-state index is 0.150. The summed E-state index contributed by atoms with van der Waals surface area (Å²) in [4.78, 5) is 0. The first kappa shape index (κ1) is 8.30. The monoisotopic (exact) mass is 168 g/mol. The molecule has 0 radical (unpaired) electrons. The van der Waals surface area contributed by atoms with Gasteiger partial charge in [-0.1, -0.05) is 12.1 Å². The lowest BCUT2D eigenvalue weighted by molar-refractivity contribution is 0.619. The van der Waals surface area contributed by atoms with Crippen LogP contribution in [0.2, 0.25) is 0 Å². The maximum atomic E-state index is 12.6. The van der Waals surface area contributed by atoms with E-state index in [1.165, 1.54) is 6.07 Å². The standard InChI is InChI=1S/C7H6F.ClH.Mg/c1-6-4-2-3-5-7(6)8;;/h3-5H,1H3;1H;/q;;+1/p-1. The molecule has 0 unspecified atom stereocenters. The molecule has 0 amide bonds. The van der Waals surface area contributed by atoms with Crippen LogP contribution in [0, 0.1) is 12.7 Å². The van der Waals surface area contributed by atoms with E-state index in [-0.39, 0.29) is 5.82 Å². The van der Waals surface area contributed by atoms with Crippen molar-refractivity contribution in [3.05, 3.63) is 29.6 Å². The minimum atomic E-state index is -0.641. The van der Waals surface area contributed by atoms with Gasteiger partial charge >= 0.3 is 19.3 Å². The summed E-state index contributed by atoms with van der Waals surface area (Å²) >= 11 is -0.641. The summed E-state index contributed by atoms with van der Waals surface area (Å²) < 4.78 is 13.7. The Hall–Kier alpha value is 0.206. The quantitative estimate of drug-likeness (QED) is 0.560. The Morgan fingerprint density at radius 3 is 2.70 bits per heavy atom. The molecule has 1 aromatic rings. The molecule has 0 aliphatic carbocycles. The van der Waals surface area contributed by atoms with E-state index in [4.69, 9.17) is 9.07 Å². The molecule has 0 heterocycles. The zero-order valence-corrected chi connectivity index (χ0v) is 7.87. The molecular weight excluding hydrogens is 163 g/mol. The van der Waals surface area contributed by atoms with Gasteiger partial charge in [-0.15, -0.1) is 3.69 Å². The van der Waals surface area contributed by atoms with Crippen LogP contribution in [0.5, 0.6) is 0 Å². The highest BCUT2D eigenvalue weighted by molar-refractivity contribution is 7.01. The average Bonchev–Trinajstić information content (AvgIpc) is 1.95. The van der Waals surface area contributed by atoms with Gasteiger partial charge in [-0.2, -0.15) is 0 Å². The second-order valence-electron chi connectivity index (χ2n) is 2.22. The van der Waals surface area contributed by atoms with Crippen LogP contribution in [0.15, 0.2) is 18.2 Å². The Labute approximate surface area is 72.9 Å². The molecule has 0 aliphatic rings. The van der Waals surface area contributed by atoms with Crippen molar-refractivity contribution in [1.29, 1.82) is 0 Å². The molecule has 0 atom stereocenters. The van der Waals surface area contributed by atoms with Crippen molar-refractivity contribution >= 4 is 32.0 Å². The van der Waals surface area contributed by atoms with Crippen LogP contribution >= 0.6 is 9.07 Å². The zero-order valence-electron chi connectivity index (χ0n) is 5.70. The maximum Gasteiger partial charge on any atom is 0.538 e. The smallest absolute Gasteiger partial charge is 0.336 e. The fourth-order valence-corrected chi connectivity index (χ4v) is 1.88. The van der Waals surface area contributed by atoms with Crippen molar-refractivity contribution in [2.45, 2.75) is 6.92 Å². The summed E-state index contributed by atoms with van der Waals surface area (Å²) in [5.74, 6) is -0.150. The predicted molar refractivity (Wildman–Crippen MR) is 42.4 cm³/mol. The Kier molecular flexibility index (Phi) is 2.95. The zero-order chi connectivity index (χ0) is 7.56. The number of aryl methyl sites for hydroxylation is 1. The normalized spacial score (nSPS) is 9.10. The van der Waals surface area contributed by atoms with E-state index in [9.17, 15) is 4.39 Å². The molecule has 0 spiro atoms. The van der Waals surface area contributed by atoms with E-state index >= 15 is 0 Å². The molecule has 0 aliphatic heterocycles. The summed E-state index contributed by atoms with van der Waals surface area (Å²) in [5, 5.41) is 0. The van der Waals surface area contributed by atoms with Gasteiger partial charge in [0.2, 0.25) is 0 Å². The molecule has 10 heavy (non-hydrogen) atoms. The van der Waals surface area contributed by atoms with Crippen LogP contribution in [-0.4, -0.2) is 19.3 Å². The summed E-state index contributed by atoms with van der Waals surface area (Å²) in [6.07, 6.45) is 0. The molecule has 0 aromatic heterocycles. The van der Waals surface area contributed by atoms with E-state index in [1.807, 2.05) is 6.07 Å². The molecule has 0 nitrogen and oxygen atoms in total. The van der Waals surface area contributed by atoms with Crippen LogP contribution in [0.4, 0.5) is 4.39 Å². The minimum Gasteiger partial charge on any atom is -0.336 e. The van der Waals surface area contributed by atoms with Crippen LogP contribution in [-0.2, 0) is 0 Å². The third kappa shape index (κ3) is 1.84. The van der Waals surface area contributed by atoms with Crippen LogP contribution in [0.25, 0.3) is 0 Å². The topological polar surface area (TPSA) is 0 Å². The molecule has 50 valence electrons. The van der Waals surface area contributed by atoms with E-state index in [1.54, 1.807) is 13.0 Å². The van der Waals surface area contributed by atoms with Crippen molar-refractivity contribution in [3.63, 3.8) is 0 Å². The lowest BCUT2D eigenvalue weighted by Crippen LogP contribution is -2.08. The molecule has 0 bridgehead atoms. The highest BCUT2D eigenvalue weighted by atomic mass is 35.5. The van der Waals surface area contributed by atoms with Gasteiger partial charge in [0.15, 0.2) is 0 Å². The Morgan fingerprint density at radius 2 is 2.20 bits per heavy atom. The van der Waals surface area contributed by atoms with Crippen molar-refractivity contribution in [1.82, 2.24) is 0 Å². The first-order chi connectivity index (χ1) is 4.74. The van der Waals surface area contributed by atoms with E-state index < -0.39 is 19.3 Å². The summed E-state index contributed by atoms with van der Waals surface area (Å²) in [6, 6.07) is 5.04. The number of halogens is 2. The van der Waals surface area contributed by atoms with E-state index in [2.05, 4.69) is 0 Å². The Balaban J connectivity index is 3.04. The van der Waals surface area contributed by atoms with Gasteiger partial charge in [0.25, 0.3) is 0 Å². The highest BCUT2D eigenvalue weighted by Gasteiger charge is 1.99. The SMILES string of the molecule is Cc1c[c]([Mg][Cl])ccc1F. The molecule has 1 aromatic carbocycles. The number of benzene rings is 1. The molecule has 1 rings (SSSR count). The highest BCUT2D eigenvalue weighted by Crippen LogP contribution is 2.01. The third-order valence-corrected chi connectivity index (χ3v) is 3.05.